The number of allylic oxidation sites excluding steroid dienone is 1. The number of rotatable bonds is 11. The first-order chi connectivity index (χ1) is 12.3. The smallest absolute Gasteiger partial charge is 0.0284 e. The summed E-state index contributed by atoms with van der Waals surface area (Å²) in [5.74, 6) is 0.599. The Hall–Kier alpha value is -1.34. The van der Waals surface area contributed by atoms with Gasteiger partial charge in [-0.05, 0) is 31.2 Å². The maximum absolute atomic E-state index is 3.95. The van der Waals surface area contributed by atoms with Crippen molar-refractivity contribution in [1.82, 2.24) is 4.90 Å². The van der Waals surface area contributed by atoms with Crippen LogP contribution < -0.4 is 0 Å². The van der Waals surface area contributed by atoms with Gasteiger partial charge in [0.05, 0.1) is 0 Å². The summed E-state index contributed by atoms with van der Waals surface area (Å²) in [6.07, 6.45) is 17.6. The molecule has 0 saturated heterocycles. The van der Waals surface area contributed by atoms with E-state index >= 15 is 0 Å². The Kier molecular flexibility index (Phi) is 9.04. The highest BCUT2D eigenvalue weighted by atomic mass is 15.2. The van der Waals surface area contributed by atoms with Crippen LogP contribution in [0.4, 0.5) is 0 Å². The van der Waals surface area contributed by atoms with Gasteiger partial charge in [-0.3, -0.25) is 4.90 Å². The van der Waals surface area contributed by atoms with Gasteiger partial charge in [0.25, 0.3) is 0 Å². The second-order valence-corrected chi connectivity index (χ2v) is 7.60. The molecule has 1 nitrogen and oxygen atoms in total. The van der Waals surface area contributed by atoms with E-state index in [4.69, 9.17) is 0 Å². The average Bonchev–Trinajstić information content (AvgIpc) is 2.64. The van der Waals surface area contributed by atoms with E-state index < -0.39 is 0 Å². The Morgan fingerprint density at radius 3 is 2.44 bits per heavy atom. The van der Waals surface area contributed by atoms with Crippen molar-refractivity contribution >= 4 is 0 Å². The predicted molar refractivity (Wildman–Crippen MR) is 111 cm³/mol. The molecule has 0 N–H and O–H groups in total. The van der Waals surface area contributed by atoms with Gasteiger partial charge < -0.3 is 0 Å². The molecule has 3 atom stereocenters. The second-order valence-electron chi connectivity index (χ2n) is 7.60. The Morgan fingerprint density at radius 2 is 1.72 bits per heavy atom. The Labute approximate surface area is 155 Å². The quantitative estimate of drug-likeness (QED) is 0.318. The topological polar surface area (TPSA) is 3.24 Å². The van der Waals surface area contributed by atoms with Crippen LogP contribution in [-0.2, 0) is 6.54 Å². The zero-order chi connectivity index (χ0) is 17.9. The molecule has 0 radical (unpaired) electrons. The molecule has 138 valence electrons. The highest BCUT2D eigenvalue weighted by Gasteiger charge is 2.29. The summed E-state index contributed by atoms with van der Waals surface area (Å²) in [6, 6.07) is 12.1. The molecule has 1 heterocycles. The first-order valence-corrected chi connectivity index (χ1v) is 10.3. The minimum Gasteiger partial charge on any atom is -0.289 e. The fourth-order valence-electron chi connectivity index (χ4n) is 4.01. The van der Waals surface area contributed by atoms with E-state index in [1.807, 2.05) is 0 Å². The molecule has 2 rings (SSSR count). The van der Waals surface area contributed by atoms with Gasteiger partial charge in [0.1, 0.15) is 0 Å². The molecule has 0 amide bonds. The minimum absolute atomic E-state index is 0.577. The van der Waals surface area contributed by atoms with Crippen molar-refractivity contribution in [3.63, 3.8) is 0 Å². The van der Waals surface area contributed by atoms with Crippen molar-refractivity contribution < 1.29 is 0 Å². The summed E-state index contributed by atoms with van der Waals surface area (Å²) in [4.78, 5) is 2.72. The van der Waals surface area contributed by atoms with Crippen LogP contribution in [0.1, 0.15) is 70.8 Å². The lowest BCUT2D eigenvalue weighted by molar-refractivity contribution is 0.111. The standard InChI is InChI=1S/C24H37N/c1-4-6-7-8-9-13-17-24-19-18-23(14-5-2)21(3)25(24)20-22-15-11-10-12-16-22/h5,10-12,15-16,18-19,21,23-24H,2,4,6-9,13-14,17,20H2,1,3H3/t21-,23+,24+/m0/s1. The van der Waals surface area contributed by atoms with E-state index in [0.717, 1.165) is 13.0 Å². The van der Waals surface area contributed by atoms with Crippen molar-refractivity contribution in [1.29, 1.82) is 0 Å². The van der Waals surface area contributed by atoms with Crippen LogP contribution in [0.5, 0.6) is 0 Å². The Morgan fingerprint density at radius 1 is 1.00 bits per heavy atom. The third kappa shape index (κ3) is 6.47. The van der Waals surface area contributed by atoms with Gasteiger partial charge in [-0.15, -0.1) is 6.58 Å². The lowest BCUT2D eigenvalue weighted by Gasteiger charge is -2.42. The summed E-state index contributed by atoms with van der Waals surface area (Å²) in [7, 11) is 0. The fourth-order valence-corrected chi connectivity index (χ4v) is 4.01. The van der Waals surface area contributed by atoms with Gasteiger partial charge in [-0.2, -0.15) is 0 Å². The molecule has 25 heavy (non-hydrogen) atoms. The van der Waals surface area contributed by atoms with Crippen molar-refractivity contribution in [3.05, 3.63) is 60.7 Å². The molecule has 0 aromatic heterocycles. The molecule has 0 fully saturated rings. The van der Waals surface area contributed by atoms with E-state index in [2.05, 4.69) is 73.9 Å². The van der Waals surface area contributed by atoms with Crippen LogP contribution in [0.3, 0.4) is 0 Å². The highest BCUT2D eigenvalue weighted by molar-refractivity contribution is 5.17. The molecule has 1 aliphatic heterocycles. The fraction of sp³-hybridized carbons (Fsp3) is 0.583. The number of benzene rings is 1. The van der Waals surface area contributed by atoms with E-state index in [0.29, 0.717) is 18.0 Å². The molecular formula is C24H37N. The van der Waals surface area contributed by atoms with Crippen molar-refractivity contribution in [3.8, 4) is 0 Å². The summed E-state index contributed by atoms with van der Waals surface area (Å²) in [5, 5.41) is 0. The Bertz CT molecular complexity index is 504. The van der Waals surface area contributed by atoms with E-state index in [-0.39, 0.29) is 0 Å². The van der Waals surface area contributed by atoms with E-state index in [1.54, 1.807) is 0 Å². The van der Waals surface area contributed by atoms with E-state index in [9.17, 15) is 0 Å². The highest BCUT2D eigenvalue weighted by Crippen LogP contribution is 2.29. The lowest BCUT2D eigenvalue weighted by Crippen LogP contribution is -2.46. The molecule has 0 spiro atoms. The molecule has 0 unspecified atom stereocenters. The summed E-state index contributed by atoms with van der Waals surface area (Å²) >= 11 is 0. The third-order valence-corrected chi connectivity index (χ3v) is 5.65. The van der Waals surface area contributed by atoms with Crippen molar-refractivity contribution in [2.24, 2.45) is 5.92 Å². The molecule has 1 aromatic carbocycles. The average molecular weight is 340 g/mol. The molecule has 1 heteroatoms. The van der Waals surface area contributed by atoms with Crippen LogP contribution in [-0.4, -0.2) is 17.0 Å². The van der Waals surface area contributed by atoms with Gasteiger partial charge in [0.2, 0.25) is 0 Å². The maximum Gasteiger partial charge on any atom is 0.0284 e. The normalized spacial score (nSPS) is 23.7. The SMILES string of the molecule is C=CC[C@@H]1C=C[C@@H](CCCCCCCC)N(Cc2ccccc2)[C@H]1C. The summed E-state index contributed by atoms with van der Waals surface area (Å²) in [6.45, 7) is 9.69. The van der Waals surface area contributed by atoms with Crippen LogP contribution in [0, 0.1) is 5.92 Å². The molecule has 1 aromatic rings. The lowest BCUT2D eigenvalue weighted by atomic mass is 9.88. The first-order valence-electron chi connectivity index (χ1n) is 10.3. The first kappa shape index (κ1) is 20.0. The summed E-state index contributed by atoms with van der Waals surface area (Å²) in [5.41, 5.74) is 1.43. The van der Waals surface area contributed by atoms with Crippen LogP contribution in [0.15, 0.2) is 55.1 Å². The zero-order valence-corrected chi connectivity index (χ0v) is 16.4. The van der Waals surface area contributed by atoms with Gasteiger partial charge in [0.15, 0.2) is 0 Å². The molecule has 0 aliphatic carbocycles. The van der Waals surface area contributed by atoms with E-state index in [1.165, 1.54) is 50.5 Å². The van der Waals surface area contributed by atoms with Crippen LogP contribution >= 0.6 is 0 Å². The zero-order valence-electron chi connectivity index (χ0n) is 16.4. The third-order valence-electron chi connectivity index (χ3n) is 5.65. The molecule has 0 saturated carbocycles. The predicted octanol–water partition coefficient (Wildman–Crippen LogP) is 6.76. The molecule has 0 bridgehead atoms. The second kappa shape index (κ2) is 11.3. The molecule has 1 aliphatic rings. The van der Waals surface area contributed by atoms with Crippen molar-refractivity contribution in [2.75, 3.05) is 0 Å². The van der Waals surface area contributed by atoms with Gasteiger partial charge in [-0.1, -0.05) is 94.0 Å². The monoisotopic (exact) mass is 339 g/mol. The Balaban J connectivity index is 1.95. The van der Waals surface area contributed by atoms with Gasteiger partial charge in [-0.25, -0.2) is 0 Å². The summed E-state index contributed by atoms with van der Waals surface area (Å²) < 4.78 is 0. The number of unbranched alkanes of at least 4 members (excludes halogenated alkanes) is 5. The molecular weight excluding hydrogens is 302 g/mol. The number of nitrogens with zero attached hydrogens (tertiary/aromatic N) is 1. The maximum atomic E-state index is 3.95. The van der Waals surface area contributed by atoms with Gasteiger partial charge >= 0.3 is 0 Å². The van der Waals surface area contributed by atoms with Crippen LogP contribution in [0.25, 0.3) is 0 Å². The number of hydrogen-bond acceptors (Lipinski definition) is 1. The van der Waals surface area contributed by atoms with Gasteiger partial charge in [0, 0.05) is 18.6 Å². The number of hydrogen-bond donors (Lipinski definition) is 0. The van der Waals surface area contributed by atoms with Crippen molar-refractivity contribution in [2.45, 2.75) is 83.8 Å². The van der Waals surface area contributed by atoms with Crippen LogP contribution in [0.2, 0.25) is 0 Å². The minimum atomic E-state index is 0.577. The largest absolute Gasteiger partial charge is 0.289 e.